The van der Waals surface area contributed by atoms with E-state index in [1.165, 1.54) is 15.1 Å². The lowest BCUT2D eigenvalue weighted by molar-refractivity contribution is 0.596. The van der Waals surface area contributed by atoms with Gasteiger partial charge in [-0.15, -0.1) is 11.3 Å². The van der Waals surface area contributed by atoms with Gasteiger partial charge in [-0.3, -0.25) is 4.98 Å². The van der Waals surface area contributed by atoms with Crippen molar-refractivity contribution in [2.75, 3.05) is 0 Å². The molecular weight excluding hydrogens is 254 g/mol. The highest BCUT2D eigenvalue weighted by Gasteiger charge is 2.19. The van der Waals surface area contributed by atoms with Gasteiger partial charge < -0.3 is 4.57 Å². The molecule has 0 amide bonds. The van der Waals surface area contributed by atoms with E-state index in [-0.39, 0.29) is 5.41 Å². The summed E-state index contributed by atoms with van der Waals surface area (Å²) in [5.74, 6) is 0. The monoisotopic (exact) mass is 271 g/mol. The molecule has 3 nitrogen and oxygen atoms in total. The summed E-state index contributed by atoms with van der Waals surface area (Å²) < 4.78 is 3.24. The third kappa shape index (κ3) is 2.16. The number of fused-ring (bicyclic) bond motifs is 1. The average molecular weight is 271 g/mol. The first-order chi connectivity index (χ1) is 8.95. The maximum absolute atomic E-state index is 4.48. The molecule has 3 heterocycles. The number of hydrogen-bond acceptors (Lipinski definition) is 3. The van der Waals surface area contributed by atoms with Crippen molar-refractivity contribution in [3.05, 3.63) is 36.4 Å². The van der Waals surface area contributed by atoms with Gasteiger partial charge in [0.25, 0.3) is 0 Å². The molecule has 98 valence electrons. The van der Waals surface area contributed by atoms with E-state index in [1.807, 2.05) is 30.3 Å². The Morgan fingerprint density at radius 1 is 1.21 bits per heavy atom. The predicted octanol–water partition coefficient (Wildman–Crippen LogP) is 3.99. The Morgan fingerprint density at radius 2 is 2.00 bits per heavy atom. The summed E-state index contributed by atoms with van der Waals surface area (Å²) in [6.07, 6.45) is 5.77. The Bertz CT molecular complexity index is 731. The van der Waals surface area contributed by atoms with E-state index in [9.17, 15) is 0 Å². The average Bonchev–Trinajstić information content (AvgIpc) is 2.92. The van der Waals surface area contributed by atoms with Crippen molar-refractivity contribution in [2.45, 2.75) is 26.2 Å². The number of hydrogen-bond donors (Lipinski definition) is 0. The first-order valence-corrected chi connectivity index (χ1v) is 7.14. The molecular formula is C15H17N3S. The summed E-state index contributed by atoms with van der Waals surface area (Å²) in [7, 11) is 1.99. The first kappa shape index (κ1) is 12.4. The van der Waals surface area contributed by atoms with Gasteiger partial charge in [0.1, 0.15) is 0 Å². The predicted molar refractivity (Wildman–Crippen MR) is 80.5 cm³/mol. The van der Waals surface area contributed by atoms with Gasteiger partial charge in [0.05, 0.1) is 27.1 Å². The van der Waals surface area contributed by atoms with E-state index in [4.69, 9.17) is 0 Å². The van der Waals surface area contributed by atoms with Gasteiger partial charge in [0.15, 0.2) is 0 Å². The summed E-state index contributed by atoms with van der Waals surface area (Å²) >= 11 is 1.78. The van der Waals surface area contributed by atoms with Crippen molar-refractivity contribution in [1.29, 1.82) is 0 Å². The summed E-state index contributed by atoms with van der Waals surface area (Å²) in [5.41, 5.74) is 3.57. The fourth-order valence-corrected chi connectivity index (χ4v) is 3.50. The van der Waals surface area contributed by atoms with Crippen molar-refractivity contribution in [3.63, 3.8) is 0 Å². The highest BCUT2D eigenvalue weighted by Crippen LogP contribution is 2.37. The highest BCUT2D eigenvalue weighted by molar-refractivity contribution is 7.22. The van der Waals surface area contributed by atoms with Crippen molar-refractivity contribution >= 4 is 21.6 Å². The molecule has 0 saturated carbocycles. The van der Waals surface area contributed by atoms with E-state index in [0.717, 1.165) is 11.2 Å². The molecule has 0 atom stereocenters. The van der Waals surface area contributed by atoms with Crippen LogP contribution in [0.5, 0.6) is 0 Å². The Labute approximate surface area is 116 Å². The molecule has 0 unspecified atom stereocenters. The number of aryl methyl sites for hydroxylation is 1. The second kappa shape index (κ2) is 4.17. The van der Waals surface area contributed by atoms with Gasteiger partial charge in [0, 0.05) is 19.4 Å². The quantitative estimate of drug-likeness (QED) is 0.670. The van der Waals surface area contributed by atoms with E-state index >= 15 is 0 Å². The van der Waals surface area contributed by atoms with E-state index in [2.05, 4.69) is 42.9 Å². The molecule has 0 bridgehead atoms. The number of pyridine rings is 1. The molecule has 0 radical (unpaired) electrons. The fraction of sp³-hybridized carbons (Fsp3) is 0.333. The fourth-order valence-electron chi connectivity index (χ4n) is 2.19. The molecule has 0 spiro atoms. The Hall–Kier alpha value is -1.68. The molecule has 4 heteroatoms. The largest absolute Gasteiger partial charge is 0.340 e. The zero-order valence-corrected chi connectivity index (χ0v) is 12.5. The topological polar surface area (TPSA) is 30.7 Å². The molecule has 0 aromatic carbocycles. The van der Waals surface area contributed by atoms with Crippen molar-refractivity contribution in [2.24, 2.45) is 7.05 Å². The Balaban J connectivity index is 2.21. The molecule has 3 aromatic heterocycles. The molecule has 0 aliphatic rings. The van der Waals surface area contributed by atoms with E-state index < -0.39 is 0 Å². The van der Waals surface area contributed by atoms with Crippen LogP contribution >= 0.6 is 11.3 Å². The van der Waals surface area contributed by atoms with Crippen LogP contribution in [0.2, 0.25) is 0 Å². The second-order valence-electron chi connectivity index (χ2n) is 5.86. The standard InChI is InChI=1S/C15H17N3S/c1-15(2,3)10-5-6-16-11-7-13(19-14(10)11)12-8-18(4)9-17-12/h5-9H,1-4H3. The number of thiophene rings is 1. The van der Waals surface area contributed by atoms with Crippen molar-refractivity contribution in [3.8, 4) is 10.6 Å². The maximum Gasteiger partial charge on any atom is 0.0982 e. The lowest BCUT2D eigenvalue weighted by atomic mass is 9.87. The molecule has 19 heavy (non-hydrogen) atoms. The second-order valence-corrected chi connectivity index (χ2v) is 6.91. The minimum atomic E-state index is 0.132. The van der Waals surface area contributed by atoms with E-state index in [1.54, 1.807) is 11.3 Å². The maximum atomic E-state index is 4.48. The smallest absolute Gasteiger partial charge is 0.0982 e. The van der Waals surface area contributed by atoms with Crippen LogP contribution in [0.1, 0.15) is 26.3 Å². The van der Waals surface area contributed by atoms with Crippen LogP contribution < -0.4 is 0 Å². The lowest BCUT2D eigenvalue weighted by Gasteiger charge is -2.19. The number of imidazole rings is 1. The van der Waals surface area contributed by atoms with Crippen LogP contribution in [0.4, 0.5) is 0 Å². The van der Waals surface area contributed by atoms with Crippen LogP contribution in [0, 0.1) is 0 Å². The SMILES string of the molecule is Cn1cnc(-c2cc3nccc(C(C)(C)C)c3s2)c1. The van der Waals surface area contributed by atoms with Crippen molar-refractivity contribution < 1.29 is 0 Å². The summed E-state index contributed by atoms with van der Waals surface area (Å²) in [4.78, 5) is 10.1. The van der Waals surface area contributed by atoms with Crippen LogP contribution in [-0.4, -0.2) is 14.5 Å². The Kier molecular flexibility index (Phi) is 2.71. The van der Waals surface area contributed by atoms with Crippen LogP contribution in [0.3, 0.4) is 0 Å². The van der Waals surface area contributed by atoms with Gasteiger partial charge in [-0.25, -0.2) is 4.98 Å². The van der Waals surface area contributed by atoms with Crippen molar-refractivity contribution in [1.82, 2.24) is 14.5 Å². The number of rotatable bonds is 1. The Morgan fingerprint density at radius 3 is 2.63 bits per heavy atom. The normalized spacial score (nSPS) is 12.2. The third-order valence-electron chi connectivity index (χ3n) is 3.18. The number of nitrogens with zero attached hydrogens (tertiary/aromatic N) is 3. The molecule has 0 saturated heterocycles. The number of aromatic nitrogens is 3. The van der Waals surface area contributed by atoms with Gasteiger partial charge in [-0.05, 0) is 23.1 Å². The van der Waals surface area contributed by atoms with Crippen LogP contribution in [0.25, 0.3) is 20.8 Å². The van der Waals surface area contributed by atoms with Gasteiger partial charge in [0.2, 0.25) is 0 Å². The molecule has 0 N–H and O–H groups in total. The van der Waals surface area contributed by atoms with Crippen LogP contribution in [0.15, 0.2) is 30.9 Å². The lowest BCUT2D eigenvalue weighted by Crippen LogP contribution is -2.11. The highest BCUT2D eigenvalue weighted by atomic mass is 32.1. The van der Waals surface area contributed by atoms with E-state index in [0.29, 0.717) is 0 Å². The molecule has 0 fully saturated rings. The minimum absolute atomic E-state index is 0.132. The van der Waals surface area contributed by atoms with Crippen LogP contribution in [-0.2, 0) is 12.5 Å². The van der Waals surface area contributed by atoms with Gasteiger partial charge in [-0.2, -0.15) is 0 Å². The molecule has 3 rings (SSSR count). The summed E-state index contributed by atoms with van der Waals surface area (Å²) in [6.45, 7) is 6.71. The van der Waals surface area contributed by atoms with Gasteiger partial charge in [-0.1, -0.05) is 20.8 Å². The first-order valence-electron chi connectivity index (χ1n) is 6.32. The van der Waals surface area contributed by atoms with Gasteiger partial charge >= 0.3 is 0 Å². The zero-order valence-electron chi connectivity index (χ0n) is 11.6. The third-order valence-corrected chi connectivity index (χ3v) is 4.36. The minimum Gasteiger partial charge on any atom is -0.340 e. The molecule has 3 aromatic rings. The molecule has 0 aliphatic carbocycles. The summed E-state index contributed by atoms with van der Waals surface area (Å²) in [5, 5.41) is 0. The summed E-state index contributed by atoms with van der Waals surface area (Å²) in [6, 6.07) is 4.26. The molecule has 0 aliphatic heterocycles. The zero-order chi connectivity index (χ0) is 13.6.